The van der Waals surface area contributed by atoms with Crippen LogP contribution in [0, 0.1) is 0 Å². The number of fused-ring (bicyclic) bond motifs is 1. The number of hydrogen-bond donors (Lipinski definition) is 3. The van der Waals surface area contributed by atoms with Gasteiger partial charge in [0.25, 0.3) is 5.56 Å². The number of nitrogens with one attached hydrogen (secondary N) is 2. The van der Waals surface area contributed by atoms with E-state index in [1.54, 1.807) is 0 Å². The summed E-state index contributed by atoms with van der Waals surface area (Å²) < 4.78 is 0. The number of nitrogens with two attached hydrogens (primary N) is 1. The fourth-order valence-corrected chi connectivity index (χ4v) is 3.08. The van der Waals surface area contributed by atoms with E-state index in [0.29, 0.717) is 30.2 Å². The predicted octanol–water partition coefficient (Wildman–Crippen LogP) is 0.661. The SMILES string of the molecule is Nc1ccc(-c2ncc3c(n2)CCN(Cc2c[nH]c(=O)[nH]c2=O)C3)cc1. The lowest BCUT2D eigenvalue weighted by molar-refractivity contribution is 0.241. The lowest BCUT2D eigenvalue weighted by atomic mass is 10.1. The number of benzene rings is 1. The third-order valence-electron chi connectivity index (χ3n) is 4.47. The molecule has 8 nitrogen and oxygen atoms in total. The average molecular weight is 350 g/mol. The number of H-pyrrole nitrogens is 2. The third kappa shape index (κ3) is 3.27. The molecule has 26 heavy (non-hydrogen) atoms. The quantitative estimate of drug-likeness (QED) is 0.597. The molecule has 0 spiro atoms. The smallest absolute Gasteiger partial charge is 0.325 e. The molecule has 0 bridgehead atoms. The molecule has 0 fully saturated rings. The minimum absolute atomic E-state index is 0.352. The zero-order valence-corrected chi connectivity index (χ0v) is 14.0. The van der Waals surface area contributed by atoms with Crippen LogP contribution in [0.4, 0.5) is 5.69 Å². The van der Waals surface area contributed by atoms with Crippen molar-refractivity contribution in [1.29, 1.82) is 0 Å². The van der Waals surface area contributed by atoms with Crippen molar-refractivity contribution in [2.45, 2.75) is 19.5 Å². The maximum absolute atomic E-state index is 11.8. The minimum Gasteiger partial charge on any atom is -0.399 e. The van der Waals surface area contributed by atoms with E-state index >= 15 is 0 Å². The van der Waals surface area contributed by atoms with E-state index in [4.69, 9.17) is 5.73 Å². The largest absolute Gasteiger partial charge is 0.399 e. The zero-order valence-electron chi connectivity index (χ0n) is 14.0. The second-order valence-electron chi connectivity index (χ2n) is 6.35. The molecule has 0 atom stereocenters. The van der Waals surface area contributed by atoms with Gasteiger partial charge in [0.2, 0.25) is 0 Å². The fraction of sp³-hybridized carbons (Fsp3) is 0.222. The first-order valence-corrected chi connectivity index (χ1v) is 8.32. The van der Waals surface area contributed by atoms with Gasteiger partial charge in [0.05, 0.1) is 5.69 Å². The monoisotopic (exact) mass is 350 g/mol. The Morgan fingerprint density at radius 1 is 1.19 bits per heavy atom. The molecule has 1 aliphatic rings. The molecule has 0 radical (unpaired) electrons. The summed E-state index contributed by atoms with van der Waals surface area (Å²) in [4.78, 5) is 39.0. The first-order chi connectivity index (χ1) is 12.6. The van der Waals surface area contributed by atoms with Crippen LogP contribution in [-0.2, 0) is 19.5 Å². The Labute approximate surface area is 148 Å². The molecule has 0 unspecified atom stereocenters. The van der Waals surface area contributed by atoms with E-state index < -0.39 is 5.69 Å². The third-order valence-corrected chi connectivity index (χ3v) is 4.47. The Bertz CT molecular complexity index is 1050. The first kappa shape index (κ1) is 16.2. The summed E-state index contributed by atoms with van der Waals surface area (Å²) in [5, 5.41) is 0. The predicted molar refractivity (Wildman–Crippen MR) is 97.4 cm³/mol. The summed E-state index contributed by atoms with van der Waals surface area (Å²) in [5.41, 5.74) is 9.13. The van der Waals surface area contributed by atoms with Crippen LogP contribution in [0.1, 0.15) is 16.8 Å². The summed E-state index contributed by atoms with van der Waals surface area (Å²) in [6.07, 6.45) is 4.09. The molecule has 0 amide bonds. The van der Waals surface area contributed by atoms with Gasteiger partial charge in [0.15, 0.2) is 5.82 Å². The van der Waals surface area contributed by atoms with E-state index in [0.717, 1.165) is 29.8 Å². The topological polar surface area (TPSA) is 121 Å². The molecule has 1 aliphatic heterocycles. The molecule has 1 aromatic carbocycles. The number of aromatic amines is 2. The molecule has 0 saturated carbocycles. The number of anilines is 1. The second-order valence-corrected chi connectivity index (χ2v) is 6.35. The summed E-state index contributed by atoms with van der Waals surface area (Å²) in [6, 6.07) is 7.49. The summed E-state index contributed by atoms with van der Waals surface area (Å²) in [7, 11) is 0. The molecule has 0 saturated heterocycles. The maximum atomic E-state index is 11.8. The van der Waals surface area contributed by atoms with Crippen molar-refractivity contribution < 1.29 is 0 Å². The van der Waals surface area contributed by atoms with Crippen molar-refractivity contribution in [3.8, 4) is 11.4 Å². The van der Waals surface area contributed by atoms with Crippen molar-refractivity contribution in [3.05, 3.63) is 74.3 Å². The second kappa shape index (κ2) is 6.57. The van der Waals surface area contributed by atoms with Crippen LogP contribution in [0.2, 0.25) is 0 Å². The maximum Gasteiger partial charge on any atom is 0.325 e. The summed E-state index contributed by atoms with van der Waals surface area (Å²) in [5.74, 6) is 0.689. The normalized spacial score (nSPS) is 14.2. The zero-order chi connectivity index (χ0) is 18.1. The lowest BCUT2D eigenvalue weighted by Gasteiger charge is -2.27. The number of hydrogen-bond acceptors (Lipinski definition) is 6. The van der Waals surface area contributed by atoms with E-state index in [1.807, 2.05) is 30.5 Å². The van der Waals surface area contributed by atoms with Gasteiger partial charge >= 0.3 is 5.69 Å². The van der Waals surface area contributed by atoms with Gasteiger partial charge in [-0.15, -0.1) is 0 Å². The van der Waals surface area contributed by atoms with Crippen molar-refractivity contribution in [2.24, 2.45) is 0 Å². The van der Waals surface area contributed by atoms with Crippen molar-refractivity contribution >= 4 is 5.69 Å². The van der Waals surface area contributed by atoms with E-state index in [9.17, 15) is 9.59 Å². The van der Waals surface area contributed by atoms with Crippen LogP contribution in [0.5, 0.6) is 0 Å². The fourth-order valence-electron chi connectivity index (χ4n) is 3.08. The highest BCUT2D eigenvalue weighted by atomic mass is 16.2. The molecular formula is C18H18N6O2. The van der Waals surface area contributed by atoms with Crippen LogP contribution in [0.25, 0.3) is 11.4 Å². The van der Waals surface area contributed by atoms with Gasteiger partial charge in [-0.25, -0.2) is 14.8 Å². The first-order valence-electron chi connectivity index (χ1n) is 8.32. The Kier molecular flexibility index (Phi) is 4.10. The van der Waals surface area contributed by atoms with Gasteiger partial charge < -0.3 is 10.7 Å². The Morgan fingerprint density at radius 2 is 2.00 bits per heavy atom. The molecule has 4 rings (SSSR count). The number of nitrogen functional groups attached to an aromatic ring is 1. The van der Waals surface area contributed by atoms with Crippen LogP contribution >= 0.6 is 0 Å². The molecule has 8 heteroatoms. The van der Waals surface area contributed by atoms with Gasteiger partial charge in [0.1, 0.15) is 0 Å². The Balaban J connectivity index is 1.53. The number of aromatic nitrogens is 4. The Morgan fingerprint density at radius 3 is 2.77 bits per heavy atom. The van der Waals surface area contributed by atoms with Gasteiger partial charge in [-0.1, -0.05) is 0 Å². The highest BCUT2D eigenvalue weighted by molar-refractivity contribution is 5.58. The van der Waals surface area contributed by atoms with E-state index in [-0.39, 0.29) is 5.56 Å². The standard InChI is InChI=1S/C18H18N6O2/c19-14-3-1-11(2-4-14)16-20-7-12-9-24(6-5-15(12)22-16)10-13-8-21-18(26)23-17(13)25/h1-4,7-8H,5-6,9-10,19H2,(H2,21,23,25,26). The highest BCUT2D eigenvalue weighted by Crippen LogP contribution is 2.22. The molecule has 3 heterocycles. The molecule has 132 valence electrons. The van der Waals surface area contributed by atoms with Crippen LogP contribution in [0.15, 0.2) is 46.2 Å². The van der Waals surface area contributed by atoms with E-state index in [1.165, 1.54) is 6.20 Å². The van der Waals surface area contributed by atoms with Crippen LogP contribution in [-0.4, -0.2) is 31.4 Å². The molecule has 0 aliphatic carbocycles. The van der Waals surface area contributed by atoms with E-state index in [2.05, 4.69) is 24.8 Å². The lowest BCUT2D eigenvalue weighted by Crippen LogP contribution is -2.34. The van der Waals surface area contributed by atoms with Crippen LogP contribution < -0.4 is 17.0 Å². The number of nitrogens with zero attached hydrogens (tertiary/aromatic N) is 3. The van der Waals surface area contributed by atoms with Gasteiger partial charge in [-0.3, -0.25) is 14.7 Å². The molecule has 3 aromatic rings. The summed E-state index contributed by atoms with van der Waals surface area (Å²) >= 11 is 0. The average Bonchev–Trinajstić information content (AvgIpc) is 2.64. The van der Waals surface area contributed by atoms with Gasteiger partial charge in [0, 0.05) is 60.8 Å². The molecule has 2 aromatic heterocycles. The highest BCUT2D eigenvalue weighted by Gasteiger charge is 2.19. The summed E-state index contributed by atoms with van der Waals surface area (Å²) in [6.45, 7) is 1.91. The number of rotatable bonds is 3. The van der Waals surface area contributed by atoms with Crippen molar-refractivity contribution in [3.63, 3.8) is 0 Å². The van der Waals surface area contributed by atoms with Crippen molar-refractivity contribution in [2.75, 3.05) is 12.3 Å². The van der Waals surface area contributed by atoms with Gasteiger partial charge in [-0.2, -0.15) is 0 Å². The molecule has 4 N–H and O–H groups in total. The van der Waals surface area contributed by atoms with Crippen LogP contribution in [0.3, 0.4) is 0 Å². The van der Waals surface area contributed by atoms with Gasteiger partial charge in [-0.05, 0) is 24.3 Å². The molecular weight excluding hydrogens is 332 g/mol. The van der Waals surface area contributed by atoms with Crippen molar-refractivity contribution in [1.82, 2.24) is 24.8 Å². The minimum atomic E-state index is -0.494. The Hall–Kier alpha value is -3.26.